The van der Waals surface area contributed by atoms with Crippen molar-refractivity contribution in [1.29, 1.82) is 0 Å². The van der Waals surface area contributed by atoms with Crippen LogP contribution in [-0.4, -0.2) is 35.4 Å². The summed E-state index contributed by atoms with van der Waals surface area (Å²) < 4.78 is 9.79. The minimum Gasteiger partial charge on any atom is -0.482 e. The van der Waals surface area contributed by atoms with Crippen LogP contribution < -0.4 is 9.47 Å². The lowest BCUT2D eigenvalue weighted by Gasteiger charge is -2.02. The molecule has 0 fully saturated rings. The summed E-state index contributed by atoms with van der Waals surface area (Å²) in [4.78, 5) is 20.2. The monoisotopic (exact) mass is 352 g/mol. The highest BCUT2D eigenvalue weighted by molar-refractivity contribution is 6.17. The molecule has 0 atom stereocenters. The summed E-state index contributed by atoms with van der Waals surface area (Å²) in [6, 6.07) is 15.8. The largest absolute Gasteiger partial charge is 0.482 e. The third kappa shape index (κ3) is 8.65. The number of alkyl halides is 1. The zero-order chi connectivity index (χ0) is 17.8. The van der Waals surface area contributed by atoms with E-state index in [2.05, 4.69) is 0 Å². The molecule has 0 aromatic heterocycles. The van der Waals surface area contributed by atoms with Gasteiger partial charge in [-0.05, 0) is 29.8 Å². The molecule has 0 aliphatic heterocycles. The molecule has 0 saturated carbocycles. The van der Waals surface area contributed by atoms with Crippen LogP contribution in [0.3, 0.4) is 0 Å². The van der Waals surface area contributed by atoms with Gasteiger partial charge in [-0.2, -0.15) is 0 Å². The van der Waals surface area contributed by atoms with Gasteiger partial charge in [-0.15, -0.1) is 11.6 Å². The summed E-state index contributed by atoms with van der Waals surface area (Å²) in [6.45, 7) is -0.607. The predicted molar refractivity (Wildman–Crippen MR) is 88.7 cm³/mol. The first-order valence-electron chi connectivity index (χ1n) is 6.90. The maximum absolute atomic E-state index is 10.1. The highest BCUT2D eigenvalue weighted by Crippen LogP contribution is 2.13. The zero-order valence-electron chi connectivity index (χ0n) is 12.7. The molecular formula is C17H17ClO6. The van der Waals surface area contributed by atoms with Crippen LogP contribution in [0, 0.1) is 0 Å². The summed E-state index contributed by atoms with van der Waals surface area (Å²) in [7, 11) is 0. The van der Waals surface area contributed by atoms with Crippen molar-refractivity contribution in [2.75, 3.05) is 13.2 Å². The number of carboxylic acid groups (broad SMARTS) is 2. The van der Waals surface area contributed by atoms with E-state index in [0.29, 0.717) is 17.4 Å². The van der Waals surface area contributed by atoms with Gasteiger partial charge < -0.3 is 19.7 Å². The van der Waals surface area contributed by atoms with Crippen LogP contribution in [-0.2, 0) is 15.5 Å². The van der Waals surface area contributed by atoms with Gasteiger partial charge in [0, 0.05) is 5.88 Å². The van der Waals surface area contributed by atoms with E-state index in [1.54, 1.807) is 48.5 Å². The van der Waals surface area contributed by atoms with E-state index in [-0.39, 0.29) is 13.2 Å². The van der Waals surface area contributed by atoms with Gasteiger partial charge in [0.25, 0.3) is 0 Å². The van der Waals surface area contributed by atoms with E-state index in [1.165, 1.54) is 0 Å². The Morgan fingerprint density at radius 1 is 0.792 bits per heavy atom. The minimum absolute atomic E-state index is 0.288. The van der Waals surface area contributed by atoms with Gasteiger partial charge in [0.05, 0.1) is 0 Å². The van der Waals surface area contributed by atoms with E-state index in [4.69, 9.17) is 31.3 Å². The number of hydrogen-bond acceptors (Lipinski definition) is 4. The van der Waals surface area contributed by atoms with Crippen LogP contribution in [0.25, 0.3) is 0 Å². The Morgan fingerprint density at radius 2 is 1.25 bits per heavy atom. The lowest BCUT2D eigenvalue weighted by atomic mass is 10.2. The Hall–Kier alpha value is -2.73. The second-order valence-electron chi connectivity index (χ2n) is 4.46. The van der Waals surface area contributed by atoms with Crippen LogP contribution in [0.4, 0.5) is 0 Å². The number of aliphatic carboxylic acids is 2. The minimum atomic E-state index is -0.985. The van der Waals surface area contributed by atoms with E-state index in [1.807, 2.05) is 6.07 Å². The number of halogens is 1. The lowest BCUT2D eigenvalue weighted by Crippen LogP contribution is -2.09. The SMILES string of the molecule is O=C(O)COc1ccc(CCl)cc1.O=C(O)COc1ccccc1. The normalized spacial score (nSPS) is 9.38. The summed E-state index contributed by atoms with van der Waals surface area (Å²) in [5.41, 5.74) is 0.976. The number of ether oxygens (including phenoxy) is 2. The highest BCUT2D eigenvalue weighted by atomic mass is 35.5. The molecule has 0 aliphatic carbocycles. The van der Waals surface area contributed by atoms with Gasteiger partial charge in [-0.25, -0.2) is 9.59 Å². The smallest absolute Gasteiger partial charge is 0.341 e. The number of carboxylic acids is 2. The van der Waals surface area contributed by atoms with Gasteiger partial charge in [0.2, 0.25) is 0 Å². The Kier molecular flexibility index (Phi) is 8.78. The van der Waals surface area contributed by atoms with Gasteiger partial charge in [0.15, 0.2) is 13.2 Å². The Balaban J connectivity index is 0.000000243. The van der Waals surface area contributed by atoms with Crippen molar-refractivity contribution in [2.24, 2.45) is 0 Å². The first-order valence-corrected chi connectivity index (χ1v) is 7.44. The number of para-hydroxylation sites is 1. The average Bonchev–Trinajstić information content (AvgIpc) is 2.60. The fourth-order valence-electron chi connectivity index (χ4n) is 1.48. The van der Waals surface area contributed by atoms with Crippen LogP contribution in [0.2, 0.25) is 0 Å². The standard InChI is InChI=1S/C9H9ClO3.C8H8O3/c10-5-7-1-3-8(4-2-7)13-6-9(11)12;9-8(10)6-11-7-4-2-1-3-5-7/h1-4H,5-6H2,(H,11,12);1-5H,6H2,(H,9,10). The van der Waals surface area contributed by atoms with Crippen molar-refractivity contribution in [1.82, 2.24) is 0 Å². The molecule has 0 heterocycles. The number of benzene rings is 2. The second-order valence-corrected chi connectivity index (χ2v) is 4.72. The molecule has 7 heteroatoms. The third-order valence-electron chi connectivity index (χ3n) is 2.55. The fourth-order valence-corrected chi connectivity index (χ4v) is 1.66. The molecular weight excluding hydrogens is 336 g/mol. The van der Waals surface area contributed by atoms with Crippen molar-refractivity contribution < 1.29 is 29.3 Å². The molecule has 0 bridgehead atoms. The molecule has 0 radical (unpaired) electrons. The Labute approximate surface area is 144 Å². The van der Waals surface area contributed by atoms with Gasteiger partial charge in [-0.1, -0.05) is 30.3 Å². The van der Waals surface area contributed by atoms with Crippen molar-refractivity contribution in [3.8, 4) is 11.5 Å². The number of hydrogen-bond donors (Lipinski definition) is 2. The summed E-state index contributed by atoms with van der Waals surface area (Å²) in [5, 5.41) is 16.6. The van der Waals surface area contributed by atoms with E-state index < -0.39 is 11.9 Å². The molecule has 2 N–H and O–H groups in total. The van der Waals surface area contributed by atoms with Crippen molar-refractivity contribution >= 4 is 23.5 Å². The molecule has 0 aliphatic rings. The van der Waals surface area contributed by atoms with E-state index in [0.717, 1.165) is 5.56 Å². The molecule has 0 spiro atoms. The average molecular weight is 353 g/mol. The fraction of sp³-hybridized carbons (Fsp3) is 0.176. The van der Waals surface area contributed by atoms with E-state index in [9.17, 15) is 9.59 Å². The van der Waals surface area contributed by atoms with Crippen molar-refractivity contribution in [3.05, 3.63) is 60.2 Å². The second kappa shape index (κ2) is 10.9. The summed E-state index contributed by atoms with van der Waals surface area (Å²) >= 11 is 5.57. The van der Waals surface area contributed by atoms with Crippen LogP contribution in [0.1, 0.15) is 5.56 Å². The third-order valence-corrected chi connectivity index (χ3v) is 2.85. The first-order chi connectivity index (χ1) is 11.5. The quantitative estimate of drug-likeness (QED) is 0.744. The molecule has 0 amide bonds. The topological polar surface area (TPSA) is 93.1 Å². The van der Waals surface area contributed by atoms with E-state index >= 15 is 0 Å². The number of carbonyl (C=O) groups is 2. The molecule has 2 rings (SSSR count). The molecule has 128 valence electrons. The maximum atomic E-state index is 10.1. The maximum Gasteiger partial charge on any atom is 0.341 e. The zero-order valence-corrected chi connectivity index (χ0v) is 13.5. The van der Waals surface area contributed by atoms with Gasteiger partial charge in [0.1, 0.15) is 11.5 Å². The molecule has 6 nitrogen and oxygen atoms in total. The summed E-state index contributed by atoms with van der Waals surface area (Å²) in [5.74, 6) is -0.388. The van der Waals surface area contributed by atoms with Crippen molar-refractivity contribution in [3.63, 3.8) is 0 Å². The molecule has 2 aromatic rings. The highest BCUT2D eigenvalue weighted by Gasteiger charge is 1.98. The molecule has 0 saturated heterocycles. The van der Waals surface area contributed by atoms with Crippen LogP contribution in [0.15, 0.2) is 54.6 Å². The molecule has 24 heavy (non-hydrogen) atoms. The number of rotatable bonds is 7. The van der Waals surface area contributed by atoms with Crippen LogP contribution >= 0.6 is 11.6 Å². The predicted octanol–water partition coefficient (Wildman–Crippen LogP) is 3.04. The van der Waals surface area contributed by atoms with Gasteiger partial charge in [-0.3, -0.25) is 0 Å². The Bertz CT molecular complexity index is 627. The van der Waals surface area contributed by atoms with Crippen molar-refractivity contribution in [2.45, 2.75) is 5.88 Å². The van der Waals surface area contributed by atoms with Gasteiger partial charge >= 0.3 is 11.9 Å². The van der Waals surface area contributed by atoms with Crippen LogP contribution in [0.5, 0.6) is 11.5 Å². The summed E-state index contributed by atoms with van der Waals surface area (Å²) in [6.07, 6.45) is 0. The first kappa shape index (κ1) is 19.3. The lowest BCUT2D eigenvalue weighted by molar-refractivity contribution is -0.140. The molecule has 0 unspecified atom stereocenters. The molecule has 2 aromatic carbocycles. The Morgan fingerprint density at radius 3 is 1.67 bits per heavy atom.